The van der Waals surface area contributed by atoms with Crippen LogP contribution < -0.4 is 4.57 Å². The number of aryl methyl sites for hydroxylation is 2. The molecular formula is C28H30N+. The third-order valence-corrected chi connectivity index (χ3v) is 7.09. The third-order valence-electron chi connectivity index (χ3n) is 7.09. The predicted octanol–water partition coefficient (Wildman–Crippen LogP) is 6.83. The van der Waals surface area contributed by atoms with Gasteiger partial charge in [0.15, 0.2) is 0 Å². The van der Waals surface area contributed by atoms with Gasteiger partial charge in [0.1, 0.15) is 7.05 Å². The molecule has 29 heavy (non-hydrogen) atoms. The van der Waals surface area contributed by atoms with Gasteiger partial charge in [0.2, 0.25) is 11.2 Å². The fraction of sp³-hybridized carbons (Fsp3) is 0.321. The van der Waals surface area contributed by atoms with Crippen molar-refractivity contribution in [1.29, 1.82) is 0 Å². The number of pyridine rings is 1. The van der Waals surface area contributed by atoms with E-state index in [0.717, 1.165) is 5.92 Å². The molecule has 1 heterocycles. The molecule has 0 bridgehead atoms. The van der Waals surface area contributed by atoms with Gasteiger partial charge in [-0.2, -0.15) is 4.57 Å². The number of hydrogen-bond donors (Lipinski definition) is 0. The number of fused-ring (bicyclic) bond motifs is 2. The lowest BCUT2D eigenvalue weighted by Crippen LogP contribution is -2.33. The van der Waals surface area contributed by atoms with Crippen molar-refractivity contribution < 1.29 is 4.57 Å². The first-order valence-corrected chi connectivity index (χ1v) is 11.0. The van der Waals surface area contributed by atoms with Gasteiger partial charge in [-0.1, -0.05) is 68.1 Å². The molecule has 1 aliphatic rings. The minimum atomic E-state index is 0.842. The minimum Gasteiger partial charge on any atom is -0.194 e. The van der Waals surface area contributed by atoms with Gasteiger partial charge in [0.25, 0.3) is 0 Å². The summed E-state index contributed by atoms with van der Waals surface area (Å²) in [7, 11) is 2.23. The fourth-order valence-corrected chi connectivity index (χ4v) is 5.36. The molecule has 1 heteroatoms. The molecule has 0 unspecified atom stereocenters. The smallest absolute Gasteiger partial charge is 0.194 e. The molecular weight excluding hydrogens is 350 g/mol. The highest BCUT2D eigenvalue weighted by atomic mass is 14.9. The molecule has 0 spiro atoms. The molecule has 5 rings (SSSR count). The van der Waals surface area contributed by atoms with Crippen LogP contribution in [0.5, 0.6) is 0 Å². The van der Waals surface area contributed by atoms with E-state index in [4.69, 9.17) is 0 Å². The first-order valence-electron chi connectivity index (χ1n) is 11.0. The zero-order valence-electron chi connectivity index (χ0n) is 17.8. The highest BCUT2D eigenvalue weighted by Crippen LogP contribution is 2.36. The van der Waals surface area contributed by atoms with Crippen LogP contribution in [0.2, 0.25) is 0 Å². The molecule has 1 aliphatic carbocycles. The lowest BCUT2D eigenvalue weighted by Gasteiger charge is -2.16. The normalized spacial score (nSPS) is 14.9. The maximum Gasteiger partial charge on any atom is 0.213 e. The molecule has 1 nitrogen and oxygen atoms in total. The molecule has 0 atom stereocenters. The van der Waals surface area contributed by atoms with Crippen molar-refractivity contribution in [2.24, 2.45) is 13.0 Å². The highest BCUT2D eigenvalue weighted by molar-refractivity contribution is 5.98. The average molecular weight is 381 g/mol. The van der Waals surface area contributed by atoms with Crippen LogP contribution in [0.4, 0.5) is 0 Å². The predicted molar refractivity (Wildman–Crippen MR) is 123 cm³/mol. The molecule has 0 aliphatic heterocycles. The largest absolute Gasteiger partial charge is 0.213 e. The molecule has 1 saturated carbocycles. The summed E-state index contributed by atoms with van der Waals surface area (Å²) in [6.45, 7) is 4.52. The van der Waals surface area contributed by atoms with Crippen LogP contribution >= 0.6 is 0 Å². The topological polar surface area (TPSA) is 3.88 Å². The highest BCUT2D eigenvalue weighted by Gasteiger charge is 2.24. The summed E-state index contributed by atoms with van der Waals surface area (Å²) >= 11 is 0. The number of rotatable bonds is 3. The summed E-state index contributed by atoms with van der Waals surface area (Å²) in [6.07, 6.45) is 6.78. The van der Waals surface area contributed by atoms with E-state index in [1.807, 2.05) is 0 Å². The van der Waals surface area contributed by atoms with Crippen molar-refractivity contribution in [2.45, 2.75) is 46.0 Å². The molecule has 0 radical (unpaired) electrons. The van der Waals surface area contributed by atoms with Gasteiger partial charge in [0, 0.05) is 17.5 Å². The van der Waals surface area contributed by atoms with Gasteiger partial charge >= 0.3 is 0 Å². The van der Waals surface area contributed by atoms with E-state index in [1.54, 1.807) is 0 Å². The van der Waals surface area contributed by atoms with E-state index in [-0.39, 0.29) is 0 Å². The van der Waals surface area contributed by atoms with Crippen molar-refractivity contribution in [3.8, 4) is 11.3 Å². The van der Waals surface area contributed by atoms with Gasteiger partial charge in [-0.15, -0.1) is 0 Å². The number of hydrogen-bond acceptors (Lipinski definition) is 0. The second-order valence-electron chi connectivity index (χ2n) is 8.90. The molecule has 3 aromatic carbocycles. The van der Waals surface area contributed by atoms with Crippen LogP contribution in [0, 0.1) is 19.8 Å². The van der Waals surface area contributed by atoms with Gasteiger partial charge < -0.3 is 0 Å². The van der Waals surface area contributed by atoms with E-state index in [0.29, 0.717) is 0 Å². The first kappa shape index (κ1) is 18.4. The zero-order chi connectivity index (χ0) is 20.0. The average Bonchev–Trinajstić information content (AvgIpc) is 3.25. The third kappa shape index (κ3) is 3.13. The lowest BCUT2D eigenvalue weighted by molar-refractivity contribution is -0.633. The SMILES string of the molecule is Cc1cc2ccccc2c(-c2cc(CC3CCCC3)c3ccccc3[n+]2C)c1C. The number of nitrogens with zero attached hydrogens (tertiary/aromatic N) is 1. The zero-order valence-corrected chi connectivity index (χ0v) is 17.8. The van der Waals surface area contributed by atoms with Crippen molar-refractivity contribution >= 4 is 21.7 Å². The molecule has 146 valence electrons. The molecule has 0 saturated heterocycles. The van der Waals surface area contributed by atoms with Crippen LogP contribution in [0.3, 0.4) is 0 Å². The Bertz CT molecular complexity index is 1210. The van der Waals surface area contributed by atoms with Gasteiger partial charge in [-0.05, 0) is 59.7 Å². The van der Waals surface area contributed by atoms with E-state index >= 15 is 0 Å². The van der Waals surface area contributed by atoms with Gasteiger partial charge in [-0.3, -0.25) is 0 Å². The van der Waals surface area contributed by atoms with Crippen LogP contribution in [-0.4, -0.2) is 0 Å². The Morgan fingerprint density at radius 3 is 2.34 bits per heavy atom. The Balaban J connectivity index is 1.81. The standard InChI is InChI=1S/C28H30N/c1-19-16-22-12-6-7-14-25(22)28(20(19)2)27-18-23(17-21-10-4-5-11-21)24-13-8-9-15-26(24)29(27)3/h6-9,12-16,18,21H,4-5,10-11,17H2,1-3H3/q+1. The van der Waals surface area contributed by atoms with Crippen LogP contribution in [0.15, 0.2) is 60.7 Å². The van der Waals surface area contributed by atoms with Crippen molar-refractivity contribution in [1.82, 2.24) is 0 Å². The summed E-state index contributed by atoms with van der Waals surface area (Å²) in [5.41, 5.74) is 8.34. The summed E-state index contributed by atoms with van der Waals surface area (Å²) < 4.78 is 2.40. The Labute approximate surface area is 174 Å². The van der Waals surface area contributed by atoms with Crippen molar-refractivity contribution in [3.63, 3.8) is 0 Å². The molecule has 0 amide bonds. The Hall–Kier alpha value is -2.67. The summed E-state index contributed by atoms with van der Waals surface area (Å²) in [5.74, 6) is 0.842. The van der Waals surface area contributed by atoms with E-state index in [2.05, 4.69) is 86.1 Å². The summed E-state index contributed by atoms with van der Waals surface area (Å²) in [4.78, 5) is 0. The van der Waals surface area contributed by atoms with E-state index < -0.39 is 0 Å². The lowest BCUT2D eigenvalue weighted by atomic mass is 9.90. The van der Waals surface area contributed by atoms with Gasteiger partial charge in [0.05, 0.1) is 5.56 Å². The second kappa shape index (κ2) is 7.30. The van der Waals surface area contributed by atoms with Crippen molar-refractivity contribution in [2.75, 3.05) is 0 Å². The molecule has 0 N–H and O–H groups in total. The quantitative estimate of drug-likeness (QED) is 0.343. The van der Waals surface area contributed by atoms with Gasteiger partial charge in [-0.25, -0.2) is 0 Å². The maximum atomic E-state index is 2.49. The summed E-state index contributed by atoms with van der Waals surface area (Å²) in [5, 5.41) is 4.10. The Kier molecular flexibility index (Phi) is 4.62. The first-order chi connectivity index (χ1) is 14.1. The molecule has 1 fully saturated rings. The van der Waals surface area contributed by atoms with Crippen molar-refractivity contribution in [3.05, 3.63) is 77.4 Å². The van der Waals surface area contributed by atoms with Crippen LogP contribution in [-0.2, 0) is 13.5 Å². The molecule has 4 aromatic rings. The second-order valence-corrected chi connectivity index (χ2v) is 8.90. The van der Waals surface area contributed by atoms with Crippen LogP contribution in [0.1, 0.15) is 42.4 Å². The number of benzene rings is 3. The minimum absolute atomic E-state index is 0.842. The van der Waals surface area contributed by atoms with E-state index in [1.165, 1.54) is 81.7 Å². The van der Waals surface area contributed by atoms with Crippen LogP contribution in [0.25, 0.3) is 32.9 Å². The van der Waals surface area contributed by atoms with E-state index in [9.17, 15) is 0 Å². The Morgan fingerprint density at radius 2 is 1.55 bits per heavy atom. The Morgan fingerprint density at radius 1 is 0.862 bits per heavy atom. The summed E-state index contributed by atoms with van der Waals surface area (Å²) in [6, 6.07) is 22.6. The fourth-order valence-electron chi connectivity index (χ4n) is 5.36. The number of aromatic nitrogens is 1. The molecule has 1 aromatic heterocycles. The number of para-hydroxylation sites is 1. The monoisotopic (exact) mass is 380 g/mol. The maximum absolute atomic E-state index is 2.49.